The van der Waals surface area contributed by atoms with E-state index in [-0.39, 0.29) is 5.56 Å². The Labute approximate surface area is 148 Å². The zero-order chi connectivity index (χ0) is 17.2. The minimum atomic E-state index is -0.116. The summed E-state index contributed by atoms with van der Waals surface area (Å²) in [6, 6.07) is 13.0. The highest BCUT2D eigenvalue weighted by Crippen LogP contribution is 2.17. The van der Waals surface area contributed by atoms with Crippen LogP contribution in [-0.2, 0) is 13.0 Å². The summed E-state index contributed by atoms with van der Waals surface area (Å²) in [7, 11) is 0. The third-order valence-electron chi connectivity index (χ3n) is 3.94. The number of fused-ring (bicyclic) bond motifs is 1. The molecule has 0 amide bonds. The van der Waals surface area contributed by atoms with Crippen molar-refractivity contribution in [1.82, 2.24) is 24.3 Å². The molecule has 1 aromatic carbocycles. The number of nitrogens with zero attached hydrogens (tertiary/aromatic N) is 5. The third kappa shape index (κ3) is 3.04. The molecule has 6 nitrogen and oxygen atoms in total. The molecule has 0 spiro atoms. The van der Waals surface area contributed by atoms with Crippen LogP contribution in [0.5, 0.6) is 0 Å². The largest absolute Gasteiger partial charge is 0.298 e. The summed E-state index contributed by atoms with van der Waals surface area (Å²) < 4.78 is 3.20. The van der Waals surface area contributed by atoms with Crippen LogP contribution in [0.25, 0.3) is 16.7 Å². The number of hydrogen-bond acceptors (Lipinski definition) is 4. The van der Waals surface area contributed by atoms with Gasteiger partial charge in [0.1, 0.15) is 5.39 Å². The van der Waals surface area contributed by atoms with Crippen LogP contribution in [0.2, 0.25) is 5.02 Å². The van der Waals surface area contributed by atoms with Gasteiger partial charge in [-0.3, -0.25) is 14.3 Å². The van der Waals surface area contributed by atoms with Crippen LogP contribution in [0.3, 0.4) is 0 Å². The van der Waals surface area contributed by atoms with Gasteiger partial charge in [0.25, 0.3) is 5.56 Å². The second-order valence-corrected chi connectivity index (χ2v) is 6.02. The van der Waals surface area contributed by atoms with E-state index in [4.69, 9.17) is 11.6 Å². The summed E-state index contributed by atoms with van der Waals surface area (Å²) in [4.78, 5) is 21.4. The summed E-state index contributed by atoms with van der Waals surface area (Å²) in [5, 5.41) is 5.37. The molecule has 3 aromatic heterocycles. The topological polar surface area (TPSA) is 65.6 Å². The second kappa shape index (κ2) is 6.49. The number of pyridine rings is 1. The predicted octanol–water partition coefficient (Wildman–Crippen LogP) is 2.87. The van der Waals surface area contributed by atoms with E-state index in [9.17, 15) is 4.79 Å². The third-order valence-corrected chi connectivity index (χ3v) is 4.18. The van der Waals surface area contributed by atoms with E-state index in [1.807, 2.05) is 30.3 Å². The lowest BCUT2D eigenvalue weighted by atomic mass is 10.2. The van der Waals surface area contributed by atoms with Gasteiger partial charge in [-0.15, -0.1) is 0 Å². The number of aromatic nitrogens is 5. The molecule has 124 valence electrons. The Morgan fingerprint density at radius 2 is 2.00 bits per heavy atom. The Morgan fingerprint density at radius 3 is 2.80 bits per heavy atom. The van der Waals surface area contributed by atoms with Gasteiger partial charge in [-0.05, 0) is 30.3 Å². The van der Waals surface area contributed by atoms with Crippen molar-refractivity contribution in [3.8, 4) is 5.69 Å². The monoisotopic (exact) mass is 351 g/mol. The first-order chi connectivity index (χ1) is 12.2. The van der Waals surface area contributed by atoms with Crippen molar-refractivity contribution in [2.75, 3.05) is 0 Å². The SMILES string of the molecule is O=c1c2cnn(-c3cccc(Cl)c3)c2ncn1CCc1ccccn1. The van der Waals surface area contributed by atoms with Crippen molar-refractivity contribution in [3.63, 3.8) is 0 Å². The van der Waals surface area contributed by atoms with E-state index in [1.165, 1.54) is 0 Å². The van der Waals surface area contributed by atoms with Crippen molar-refractivity contribution in [1.29, 1.82) is 0 Å². The molecular formula is C18H14ClN5O. The molecule has 4 aromatic rings. The van der Waals surface area contributed by atoms with E-state index in [0.717, 1.165) is 11.4 Å². The molecule has 0 atom stereocenters. The highest BCUT2D eigenvalue weighted by atomic mass is 35.5. The molecule has 0 radical (unpaired) electrons. The number of aryl methyl sites for hydroxylation is 2. The highest BCUT2D eigenvalue weighted by Gasteiger charge is 2.11. The molecule has 4 rings (SSSR count). The van der Waals surface area contributed by atoms with Gasteiger partial charge in [0.05, 0.1) is 18.2 Å². The smallest absolute Gasteiger partial charge is 0.264 e. The molecule has 0 saturated carbocycles. The van der Waals surface area contributed by atoms with Crippen molar-refractivity contribution < 1.29 is 0 Å². The molecular weight excluding hydrogens is 338 g/mol. The average Bonchev–Trinajstić information content (AvgIpc) is 3.07. The fourth-order valence-corrected chi connectivity index (χ4v) is 2.87. The van der Waals surface area contributed by atoms with Crippen LogP contribution in [0.1, 0.15) is 5.69 Å². The Balaban J connectivity index is 1.69. The van der Waals surface area contributed by atoms with Gasteiger partial charge < -0.3 is 0 Å². The summed E-state index contributed by atoms with van der Waals surface area (Å²) in [6.45, 7) is 0.515. The Bertz CT molecular complexity index is 1090. The molecule has 7 heteroatoms. The first-order valence-electron chi connectivity index (χ1n) is 7.81. The van der Waals surface area contributed by atoms with Crippen LogP contribution < -0.4 is 5.56 Å². The van der Waals surface area contributed by atoms with Gasteiger partial charge in [-0.25, -0.2) is 9.67 Å². The lowest BCUT2D eigenvalue weighted by molar-refractivity contribution is 0.653. The maximum absolute atomic E-state index is 12.7. The number of halogens is 1. The van der Waals surface area contributed by atoms with E-state index >= 15 is 0 Å². The van der Waals surface area contributed by atoms with Gasteiger partial charge in [0.2, 0.25) is 0 Å². The van der Waals surface area contributed by atoms with Crippen molar-refractivity contribution in [2.24, 2.45) is 0 Å². The zero-order valence-corrected chi connectivity index (χ0v) is 14.0. The Kier molecular flexibility index (Phi) is 4.03. The van der Waals surface area contributed by atoms with E-state index in [1.54, 1.807) is 40.1 Å². The van der Waals surface area contributed by atoms with Gasteiger partial charge in [0.15, 0.2) is 5.65 Å². The number of benzene rings is 1. The van der Waals surface area contributed by atoms with Crippen molar-refractivity contribution >= 4 is 22.6 Å². The van der Waals surface area contributed by atoms with Crippen LogP contribution in [0.4, 0.5) is 0 Å². The molecule has 0 fully saturated rings. The maximum Gasteiger partial charge on any atom is 0.264 e. The quantitative estimate of drug-likeness (QED) is 0.567. The summed E-state index contributed by atoms with van der Waals surface area (Å²) in [6.07, 6.45) is 5.50. The van der Waals surface area contributed by atoms with Crippen LogP contribution >= 0.6 is 11.6 Å². The second-order valence-electron chi connectivity index (χ2n) is 5.59. The molecule has 0 saturated heterocycles. The van der Waals surface area contributed by atoms with Crippen LogP contribution in [-0.4, -0.2) is 24.3 Å². The van der Waals surface area contributed by atoms with E-state index in [2.05, 4.69) is 15.1 Å². The van der Waals surface area contributed by atoms with Gasteiger partial charge in [0, 0.05) is 29.9 Å². The highest BCUT2D eigenvalue weighted by molar-refractivity contribution is 6.30. The average molecular weight is 352 g/mol. The summed E-state index contributed by atoms with van der Waals surface area (Å²) in [5.41, 5.74) is 2.10. The molecule has 0 N–H and O–H groups in total. The zero-order valence-electron chi connectivity index (χ0n) is 13.2. The minimum absolute atomic E-state index is 0.116. The molecule has 3 heterocycles. The first kappa shape index (κ1) is 15.5. The Hall–Kier alpha value is -2.99. The minimum Gasteiger partial charge on any atom is -0.298 e. The summed E-state index contributed by atoms with van der Waals surface area (Å²) >= 11 is 6.04. The normalized spacial score (nSPS) is 11.1. The number of hydrogen-bond donors (Lipinski definition) is 0. The van der Waals surface area contributed by atoms with Crippen LogP contribution in [0, 0.1) is 0 Å². The maximum atomic E-state index is 12.7. The molecule has 0 bridgehead atoms. The molecule has 0 aliphatic carbocycles. The van der Waals surface area contributed by atoms with Crippen molar-refractivity contribution in [3.05, 3.63) is 82.3 Å². The lowest BCUT2D eigenvalue weighted by Gasteiger charge is -2.06. The first-order valence-corrected chi connectivity index (χ1v) is 8.19. The van der Waals surface area contributed by atoms with Gasteiger partial charge in [-0.1, -0.05) is 23.7 Å². The standard InChI is InChI=1S/C18H14ClN5O/c19-13-4-3-6-15(10-13)24-17-16(11-22-24)18(25)23(12-21-17)9-7-14-5-1-2-8-20-14/h1-6,8,10-12H,7,9H2. The van der Waals surface area contributed by atoms with Gasteiger partial charge in [-0.2, -0.15) is 5.10 Å². The Morgan fingerprint density at radius 1 is 1.08 bits per heavy atom. The van der Waals surface area contributed by atoms with Crippen LogP contribution in [0.15, 0.2) is 66.0 Å². The fraction of sp³-hybridized carbons (Fsp3) is 0.111. The van der Waals surface area contributed by atoms with E-state index < -0.39 is 0 Å². The van der Waals surface area contributed by atoms with E-state index in [0.29, 0.717) is 29.0 Å². The van der Waals surface area contributed by atoms with Crippen molar-refractivity contribution in [2.45, 2.75) is 13.0 Å². The van der Waals surface area contributed by atoms with Gasteiger partial charge >= 0.3 is 0 Å². The molecule has 25 heavy (non-hydrogen) atoms. The fourth-order valence-electron chi connectivity index (χ4n) is 2.69. The molecule has 0 unspecified atom stereocenters. The predicted molar refractivity (Wildman–Crippen MR) is 96.1 cm³/mol. The number of rotatable bonds is 4. The summed E-state index contributed by atoms with van der Waals surface area (Å²) in [5.74, 6) is 0. The molecule has 0 aliphatic heterocycles. The lowest BCUT2D eigenvalue weighted by Crippen LogP contribution is -2.21. The molecule has 0 aliphatic rings.